The lowest BCUT2D eigenvalue weighted by Gasteiger charge is -2.16. The molecule has 3 amide bonds. The summed E-state index contributed by atoms with van der Waals surface area (Å²) in [7, 11) is 1.42. The Bertz CT molecular complexity index is 1120. The standard InChI is InChI=1S/C23H27N5O6/c1-15-11-17(12-19(24-15)16-3-4-16)18-5-6-27(25-18)13-20-22(31)26(2)23(32)28(20)7-8-33-9-10-34-14-21(29)30/h5-6,11-13,16H,3-4,7-10,14H2,1-2H3,(H,29,30)/b20-13-. The highest BCUT2D eigenvalue weighted by atomic mass is 16.5. The third kappa shape index (κ3) is 5.49. The molecule has 2 aliphatic rings. The van der Waals surface area contributed by atoms with Crippen molar-refractivity contribution in [3.63, 3.8) is 0 Å². The second kappa shape index (κ2) is 10.1. The lowest BCUT2D eigenvalue weighted by Crippen LogP contribution is -2.32. The van der Waals surface area contributed by atoms with Crippen molar-refractivity contribution in [1.82, 2.24) is 24.6 Å². The normalized spacial score (nSPS) is 17.3. The highest BCUT2D eigenvalue weighted by Gasteiger charge is 2.38. The summed E-state index contributed by atoms with van der Waals surface area (Å²) in [5.74, 6) is -0.953. The van der Waals surface area contributed by atoms with Crippen molar-refractivity contribution in [2.45, 2.75) is 25.7 Å². The van der Waals surface area contributed by atoms with Crippen LogP contribution in [0.1, 0.15) is 30.1 Å². The number of carbonyl (C=O) groups excluding carboxylic acids is 2. The van der Waals surface area contributed by atoms with Gasteiger partial charge in [-0.05, 0) is 38.0 Å². The summed E-state index contributed by atoms with van der Waals surface area (Å²) in [5.41, 5.74) is 3.93. The van der Waals surface area contributed by atoms with Crippen LogP contribution < -0.4 is 0 Å². The first-order chi connectivity index (χ1) is 16.3. The van der Waals surface area contributed by atoms with Crippen molar-refractivity contribution in [3.05, 3.63) is 41.5 Å². The van der Waals surface area contributed by atoms with Crippen LogP contribution in [-0.2, 0) is 19.1 Å². The lowest BCUT2D eigenvalue weighted by atomic mass is 10.1. The predicted molar refractivity (Wildman–Crippen MR) is 121 cm³/mol. The molecule has 2 fully saturated rings. The van der Waals surface area contributed by atoms with Crippen LogP contribution in [0.4, 0.5) is 4.79 Å². The van der Waals surface area contributed by atoms with E-state index >= 15 is 0 Å². The molecule has 0 bridgehead atoms. The summed E-state index contributed by atoms with van der Waals surface area (Å²) < 4.78 is 11.8. The van der Waals surface area contributed by atoms with Gasteiger partial charge in [0.1, 0.15) is 12.3 Å². The number of hydrogen-bond acceptors (Lipinski definition) is 7. The fourth-order valence-corrected chi connectivity index (χ4v) is 3.65. The van der Waals surface area contributed by atoms with Gasteiger partial charge in [0, 0.05) is 36.1 Å². The van der Waals surface area contributed by atoms with Gasteiger partial charge in [-0.25, -0.2) is 14.3 Å². The van der Waals surface area contributed by atoms with E-state index in [1.54, 1.807) is 6.20 Å². The van der Waals surface area contributed by atoms with Gasteiger partial charge in [0.15, 0.2) is 0 Å². The Labute approximate surface area is 196 Å². The van der Waals surface area contributed by atoms with E-state index in [9.17, 15) is 14.4 Å². The molecule has 0 spiro atoms. The van der Waals surface area contributed by atoms with Crippen LogP contribution in [0.2, 0.25) is 0 Å². The number of rotatable bonds is 11. The summed E-state index contributed by atoms with van der Waals surface area (Å²) in [6.07, 6.45) is 5.59. The minimum atomic E-state index is -1.05. The number of ether oxygens (including phenoxy) is 2. The SMILES string of the molecule is Cc1cc(-c2ccn(/C=C3/C(=O)N(C)C(=O)N3CCOCCOCC(=O)O)n2)cc(C2CC2)n1. The number of carboxylic acids is 1. The Balaban J connectivity index is 1.43. The number of pyridine rings is 1. The Kier molecular flexibility index (Phi) is 7.03. The molecule has 1 saturated heterocycles. The highest BCUT2D eigenvalue weighted by Crippen LogP contribution is 2.40. The third-order valence-corrected chi connectivity index (χ3v) is 5.52. The zero-order valence-electron chi connectivity index (χ0n) is 19.1. The van der Waals surface area contributed by atoms with Gasteiger partial charge >= 0.3 is 12.0 Å². The molecule has 3 heterocycles. The first kappa shape index (κ1) is 23.6. The van der Waals surface area contributed by atoms with Crippen molar-refractivity contribution in [1.29, 1.82) is 0 Å². The van der Waals surface area contributed by atoms with E-state index in [2.05, 4.69) is 16.1 Å². The van der Waals surface area contributed by atoms with Gasteiger partial charge in [0.25, 0.3) is 5.91 Å². The Morgan fingerprint density at radius 3 is 2.71 bits per heavy atom. The quantitative estimate of drug-likeness (QED) is 0.301. The number of carbonyl (C=O) groups is 3. The van der Waals surface area contributed by atoms with Crippen LogP contribution in [-0.4, -0.2) is 87.6 Å². The molecule has 4 rings (SSSR count). The van der Waals surface area contributed by atoms with Crippen LogP contribution in [0.15, 0.2) is 30.1 Å². The van der Waals surface area contributed by atoms with Crippen molar-refractivity contribution in [3.8, 4) is 11.3 Å². The third-order valence-electron chi connectivity index (χ3n) is 5.52. The van der Waals surface area contributed by atoms with Crippen LogP contribution in [0.25, 0.3) is 17.5 Å². The molecule has 1 aliphatic carbocycles. The van der Waals surface area contributed by atoms with Crippen molar-refractivity contribution in [2.24, 2.45) is 0 Å². The number of likely N-dealkylation sites (N-methyl/N-ethyl adjacent to an activating group) is 1. The number of imide groups is 1. The van der Waals surface area contributed by atoms with Gasteiger partial charge in [0.2, 0.25) is 0 Å². The zero-order chi connectivity index (χ0) is 24.2. The summed E-state index contributed by atoms with van der Waals surface area (Å²) in [6.45, 7) is 2.18. The van der Waals surface area contributed by atoms with Gasteiger partial charge < -0.3 is 14.6 Å². The number of aryl methyl sites for hydroxylation is 1. The fraction of sp³-hybridized carbons (Fsp3) is 0.435. The average Bonchev–Trinajstić information content (AvgIpc) is 3.52. The second-order valence-corrected chi connectivity index (χ2v) is 8.25. The second-order valence-electron chi connectivity index (χ2n) is 8.25. The van der Waals surface area contributed by atoms with Gasteiger partial charge in [0.05, 0.1) is 38.3 Å². The minimum Gasteiger partial charge on any atom is -0.480 e. The van der Waals surface area contributed by atoms with Crippen LogP contribution in [0.5, 0.6) is 0 Å². The molecule has 2 aromatic heterocycles. The maximum absolute atomic E-state index is 12.6. The van der Waals surface area contributed by atoms with Gasteiger partial charge in [-0.2, -0.15) is 5.10 Å². The minimum absolute atomic E-state index is 0.120. The average molecular weight is 469 g/mol. The number of hydrogen-bond donors (Lipinski definition) is 1. The maximum atomic E-state index is 12.6. The van der Waals surface area contributed by atoms with Crippen molar-refractivity contribution >= 4 is 24.1 Å². The molecule has 0 unspecified atom stereocenters. The first-order valence-electron chi connectivity index (χ1n) is 11.1. The van der Waals surface area contributed by atoms with E-state index < -0.39 is 24.5 Å². The van der Waals surface area contributed by atoms with E-state index in [0.717, 1.165) is 40.4 Å². The Morgan fingerprint density at radius 2 is 1.97 bits per heavy atom. The number of nitrogens with zero attached hydrogens (tertiary/aromatic N) is 5. The molecule has 1 aliphatic heterocycles. The molecule has 1 saturated carbocycles. The van der Waals surface area contributed by atoms with Crippen LogP contribution in [0, 0.1) is 6.92 Å². The van der Waals surface area contributed by atoms with Crippen molar-refractivity contribution < 1.29 is 29.0 Å². The van der Waals surface area contributed by atoms with E-state index in [1.165, 1.54) is 22.8 Å². The van der Waals surface area contributed by atoms with Gasteiger partial charge in [-0.1, -0.05) is 0 Å². The van der Waals surface area contributed by atoms with Crippen LogP contribution in [0.3, 0.4) is 0 Å². The smallest absolute Gasteiger partial charge is 0.331 e. The van der Waals surface area contributed by atoms with Gasteiger partial charge in [-0.3, -0.25) is 19.6 Å². The molecule has 0 aromatic carbocycles. The maximum Gasteiger partial charge on any atom is 0.331 e. The molecule has 0 radical (unpaired) electrons. The van der Waals surface area contributed by atoms with Gasteiger partial charge in [-0.15, -0.1) is 0 Å². The molecule has 1 N–H and O–H groups in total. The molecule has 2 aromatic rings. The van der Waals surface area contributed by atoms with E-state index in [4.69, 9.17) is 14.6 Å². The number of carboxylic acid groups (broad SMARTS) is 1. The predicted octanol–water partition coefficient (Wildman–Crippen LogP) is 1.94. The summed E-state index contributed by atoms with van der Waals surface area (Å²) in [4.78, 5) is 42.6. The zero-order valence-corrected chi connectivity index (χ0v) is 19.1. The monoisotopic (exact) mass is 469 g/mol. The lowest BCUT2D eigenvalue weighted by molar-refractivity contribution is -0.142. The summed E-state index contributed by atoms with van der Waals surface area (Å²) in [5, 5.41) is 13.1. The molecular weight excluding hydrogens is 442 g/mol. The number of aromatic nitrogens is 3. The van der Waals surface area contributed by atoms with E-state index in [1.807, 2.05) is 19.1 Å². The first-order valence-corrected chi connectivity index (χ1v) is 11.1. The number of aliphatic carboxylic acids is 1. The van der Waals surface area contributed by atoms with E-state index in [0.29, 0.717) is 5.92 Å². The topological polar surface area (TPSA) is 127 Å². The summed E-state index contributed by atoms with van der Waals surface area (Å²) >= 11 is 0. The molecule has 0 atom stereocenters. The molecule has 34 heavy (non-hydrogen) atoms. The Morgan fingerprint density at radius 1 is 1.21 bits per heavy atom. The summed E-state index contributed by atoms with van der Waals surface area (Å²) in [6, 6.07) is 5.45. The number of amides is 3. The molecule has 11 nitrogen and oxygen atoms in total. The molecular formula is C23H27N5O6. The highest BCUT2D eigenvalue weighted by molar-refractivity contribution is 6.12. The van der Waals surface area contributed by atoms with Crippen molar-refractivity contribution in [2.75, 3.05) is 40.0 Å². The Hall–Kier alpha value is -3.57. The largest absolute Gasteiger partial charge is 0.480 e. The fourth-order valence-electron chi connectivity index (χ4n) is 3.65. The molecule has 11 heteroatoms. The number of urea groups is 1. The molecule has 180 valence electrons. The van der Waals surface area contributed by atoms with E-state index in [-0.39, 0.29) is 32.1 Å². The van der Waals surface area contributed by atoms with Crippen LogP contribution >= 0.6 is 0 Å².